The normalized spacial score (nSPS) is 28.9. The van der Waals surface area contributed by atoms with Crippen molar-refractivity contribution in [3.05, 3.63) is 0 Å². The SMILES string of the molecule is NC(=O)N1CC(O)C[C@H]1C(=O)O. The van der Waals surface area contributed by atoms with Crippen molar-refractivity contribution in [3.8, 4) is 0 Å². The van der Waals surface area contributed by atoms with Crippen LogP contribution >= 0.6 is 0 Å². The van der Waals surface area contributed by atoms with E-state index in [4.69, 9.17) is 15.9 Å². The zero-order valence-corrected chi connectivity index (χ0v) is 6.30. The molecule has 12 heavy (non-hydrogen) atoms. The second-order valence-electron chi connectivity index (χ2n) is 2.73. The van der Waals surface area contributed by atoms with Crippen LogP contribution in [-0.4, -0.2) is 45.8 Å². The van der Waals surface area contributed by atoms with Crippen LogP contribution in [0.1, 0.15) is 6.42 Å². The summed E-state index contributed by atoms with van der Waals surface area (Å²) in [4.78, 5) is 22.1. The Bertz CT molecular complexity index is 196. The predicted molar refractivity (Wildman–Crippen MR) is 38.3 cm³/mol. The molecule has 1 heterocycles. The van der Waals surface area contributed by atoms with Crippen LogP contribution in [0, 0.1) is 0 Å². The minimum absolute atomic E-state index is 0.00625. The molecular formula is C6H10N2O4. The van der Waals surface area contributed by atoms with E-state index in [0.29, 0.717) is 0 Å². The van der Waals surface area contributed by atoms with E-state index in [0.717, 1.165) is 4.90 Å². The molecule has 0 aromatic heterocycles. The third kappa shape index (κ3) is 1.48. The lowest BCUT2D eigenvalue weighted by Crippen LogP contribution is -2.43. The third-order valence-corrected chi connectivity index (χ3v) is 1.85. The van der Waals surface area contributed by atoms with Gasteiger partial charge in [-0.15, -0.1) is 0 Å². The molecule has 1 saturated heterocycles. The lowest BCUT2D eigenvalue weighted by molar-refractivity contribution is -0.141. The quantitative estimate of drug-likeness (QED) is 0.454. The Kier molecular flexibility index (Phi) is 2.18. The molecule has 0 bridgehead atoms. The molecule has 0 aliphatic carbocycles. The summed E-state index contributed by atoms with van der Waals surface area (Å²) < 4.78 is 0. The summed E-state index contributed by atoms with van der Waals surface area (Å²) in [5.74, 6) is -1.13. The van der Waals surface area contributed by atoms with E-state index in [-0.39, 0.29) is 13.0 Å². The van der Waals surface area contributed by atoms with Gasteiger partial charge in [0.25, 0.3) is 0 Å². The minimum atomic E-state index is -1.13. The first-order chi connectivity index (χ1) is 5.52. The van der Waals surface area contributed by atoms with E-state index in [2.05, 4.69) is 0 Å². The predicted octanol–water partition coefficient (Wildman–Crippen LogP) is -1.42. The average molecular weight is 174 g/mol. The zero-order chi connectivity index (χ0) is 9.30. The molecule has 0 aromatic rings. The number of rotatable bonds is 1. The Hall–Kier alpha value is -1.30. The molecule has 2 atom stereocenters. The summed E-state index contributed by atoms with van der Waals surface area (Å²) in [6.07, 6.45) is -0.725. The highest BCUT2D eigenvalue weighted by molar-refractivity contribution is 5.82. The van der Waals surface area contributed by atoms with Crippen LogP contribution in [0.2, 0.25) is 0 Å². The first-order valence-electron chi connectivity index (χ1n) is 3.49. The van der Waals surface area contributed by atoms with Gasteiger partial charge in [0, 0.05) is 13.0 Å². The van der Waals surface area contributed by atoms with Crippen molar-refractivity contribution >= 4 is 12.0 Å². The van der Waals surface area contributed by atoms with Crippen molar-refractivity contribution < 1.29 is 19.8 Å². The standard InChI is InChI=1S/C6H10N2O4/c7-6(12)8-2-3(9)1-4(8)5(10)11/h3-4,9H,1-2H2,(H2,7,12)(H,10,11)/t3?,4-/m0/s1. The highest BCUT2D eigenvalue weighted by Gasteiger charge is 2.37. The van der Waals surface area contributed by atoms with Gasteiger partial charge in [0.2, 0.25) is 0 Å². The second-order valence-corrected chi connectivity index (χ2v) is 2.73. The van der Waals surface area contributed by atoms with Gasteiger partial charge in [0.05, 0.1) is 6.10 Å². The van der Waals surface area contributed by atoms with Gasteiger partial charge in [-0.2, -0.15) is 0 Å². The van der Waals surface area contributed by atoms with E-state index < -0.39 is 24.1 Å². The van der Waals surface area contributed by atoms with Gasteiger partial charge in [0.15, 0.2) is 0 Å². The smallest absolute Gasteiger partial charge is 0.326 e. The molecule has 0 saturated carbocycles. The van der Waals surface area contributed by atoms with Crippen LogP contribution in [0.5, 0.6) is 0 Å². The summed E-state index contributed by atoms with van der Waals surface area (Å²) in [6, 6.07) is -1.78. The minimum Gasteiger partial charge on any atom is -0.480 e. The van der Waals surface area contributed by atoms with Crippen LogP contribution in [0.25, 0.3) is 0 Å². The number of aliphatic carboxylic acids is 1. The molecule has 2 amide bonds. The van der Waals surface area contributed by atoms with Crippen molar-refractivity contribution in [2.24, 2.45) is 5.73 Å². The molecule has 0 aromatic carbocycles. The van der Waals surface area contributed by atoms with Gasteiger partial charge >= 0.3 is 12.0 Å². The number of primary amides is 1. The first kappa shape index (κ1) is 8.79. The summed E-state index contributed by atoms with van der Waals surface area (Å²) >= 11 is 0. The Morgan fingerprint density at radius 3 is 2.42 bits per heavy atom. The number of hydrogen-bond acceptors (Lipinski definition) is 3. The van der Waals surface area contributed by atoms with Gasteiger partial charge < -0.3 is 20.8 Å². The monoisotopic (exact) mass is 174 g/mol. The highest BCUT2D eigenvalue weighted by Crippen LogP contribution is 2.17. The zero-order valence-electron chi connectivity index (χ0n) is 6.30. The number of carbonyl (C=O) groups excluding carboxylic acids is 1. The Balaban J connectivity index is 2.72. The largest absolute Gasteiger partial charge is 0.480 e. The first-order valence-corrected chi connectivity index (χ1v) is 3.49. The molecule has 1 fully saturated rings. The Labute approximate surface area is 68.6 Å². The number of aliphatic hydroxyl groups excluding tert-OH is 1. The van der Waals surface area contributed by atoms with Crippen LogP contribution in [-0.2, 0) is 4.79 Å². The maximum atomic E-state index is 10.6. The van der Waals surface area contributed by atoms with Crippen molar-refractivity contribution in [2.75, 3.05) is 6.54 Å². The van der Waals surface area contributed by atoms with Crippen molar-refractivity contribution in [1.82, 2.24) is 4.90 Å². The number of carbonyl (C=O) groups is 2. The number of urea groups is 1. The van der Waals surface area contributed by atoms with E-state index in [9.17, 15) is 9.59 Å². The molecule has 0 spiro atoms. The number of carboxylic acid groups (broad SMARTS) is 1. The van der Waals surface area contributed by atoms with Gasteiger partial charge in [-0.25, -0.2) is 9.59 Å². The number of carboxylic acids is 1. The maximum Gasteiger partial charge on any atom is 0.326 e. The molecule has 6 nitrogen and oxygen atoms in total. The molecule has 0 radical (unpaired) electrons. The molecule has 1 unspecified atom stereocenters. The topological polar surface area (TPSA) is 104 Å². The van der Waals surface area contributed by atoms with Gasteiger partial charge in [-0.1, -0.05) is 0 Å². The fourth-order valence-electron chi connectivity index (χ4n) is 1.29. The number of aliphatic hydroxyl groups is 1. The van der Waals surface area contributed by atoms with Crippen molar-refractivity contribution in [1.29, 1.82) is 0 Å². The van der Waals surface area contributed by atoms with Crippen LogP contribution in [0.4, 0.5) is 4.79 Å². The van der Waals surface area contributed by atoms with Crippen molar-refractivity contribution in [3.63, 3.8) is 0 Å². The lowest BCUT2D eigenvalue weighted by Gasteiger charge is -2.17. The summed E-state index contributed by atoms with van der Waals surface area (Å²) in [5, 5.41) is 17.6. The summed E-state index contributed by atoms with van der Waals surface area (Å²) in [5.41, 5.74) is 4.90. The van der Waals surface area contributed by atoms with Gasteiger partial charge in [-0.3, -0.25) is 0 Å². The van der Waals surface area contributed by atoms with E-state index in [1.807, 2.05) is 0 Å². The lowest BCUT2D eigenvalue weighted by atomic mass is 10.2. The molecular weight excluding hydrogens is 164 g/mol. The second kappa shape index (κ2) is 2.98. The Morgan fingerprint density at radius 1 is 1.50 bits per heavy atom. The maximum absolute atomic E-state index is 10.6. The summed E-state index contributed by atoms with van der Waals surface area (Å²) in [6.45, 7) is 0.00625. The van der Waals surface area contributed by atoms with Crippen LogP contribution < -0.4 is 5.73 Å². The van der Waals surface area contributed by atoms with Gasteiger partial charge in [-0.05, 0) is 0 Å². The molecule has 1 aliphatic rings. The number of likely N-dealkylation sites (tertiary alicyclic amines) is 1. The fourth-order valence-corrected chi connectivity index (χ4v) is 1.29. The molecule has 68 valence electrons. The Morgan fingerprint density at radius 2 is 2.08 bits per heavy atom. The number of β-amino-alcohol motifs (C(OH)–C–C–N with tert-alkyl or cyclic N) is 1. The van der Waals surface area contributed by atoms with Crippen molar-refractivity contribution in [2.45, 2.75) is 18.6 Å². The summed E-state index contributed by atoms with van der Waals surface area (Å²) in [7, 11) is 0. The number of nitrogens with zero attached hydrogens (tertiary/aromatic N) is 1. The number of nitrogens with two attached hydrogens (primary N) is 1. The molecule has 6 heteroatoms. The van der Waals surface area contributed by atoms with Crippen LogP contribution in [0.3, 0.4) is 0 Å². The number of amides is 2. The van der Waals surface area contributed by atoms with Crippen LogP contribution in [0.15, 0.2) is 0 Å². The molecule has 4 N–H and O–H groups in total. The van der Waals surface area contributed by atoms with E-state index >= 15 is 0 Å². The fraction of sp³-hybridized carbons (Fsp3) is 0.667. The third-order valence-electron chi connectivity index (χ3n) is 1.85. The van der Waals surface area contributed by atoms with E-state index in [1.54, 1.807) is 0 Å². The average Bonchev–Trinajstić information content (AvgIpc) is 2.31. The van der Waals surface area contributed by atoms with Gasteiger partial charge in [0.1, 0.15) is 6.04 Å². The highest BCUT2D eigenvalue weighted by atomic mass is 16.4. The number of hydrogen-bond donors (Lipinski definition) is 3. The molecule has 1 aliphatic heterocycles. The van der Waals surface area contributed by atoms with E-state index in [1.165, 1.54) is 0 Å². The molecule has 1 rings (SSSR count).